The van der Waals surface area contributed by atoms with Gasteiger partial charge < -0.3 is 10.6 Å². The third-order valence-corrected chi connectivity index (χ3v) is 3.63. The first-order chi connectivity index (χ1) is 12.1. The zero-order chi connectivity index (χ0) is 19.5. The van der Waals surface area contributed by atoms with Gasteiger partial charge in [-0.1, -0.05) is 11.6 Å². The molecule has 0 unspecified atom stereocenters. The van der Waals surface area contributed by atoms with Crippen molar-refractivity contribution in [1.29, 1.82) is 0 Å². The number of ketones is 1. The lowest BCUT2D eigenvalue weighted by Gasteiger charge is -2.11. The van der Waals surface area contributed by atoms with E-state index in [1.165, 1.54) is 31.2 Å². The minimum Gasteiger partial charge on any atom is -0.318 e. The molecule has 0 atom stereocenters. The quantitative estimate of drug-likeness (QED) is 0.617. The minimum absolute atomic E-state index is 0.148. The molecule has 2 amide bonds. The van der Waals surface area contributed by atoms with E-state index in [0.29, 0.717) is 11.6 Å². The number of nitrogens with one attached hydrogen (secondary N) is 2. The standard InChI is InChI=1S/C17H12ClF3N2O3/c1-9(24)10-2-5-12(6-3-10)22-15(25)16(26)23-14-8-11(17(19,20)21)4-7-13(14)18/h2-8H,1H3,(H,22,25)(H,23,26). The Morgan fingerprint density at radius 2 is 1.50 bits per heavy atom. The highest BCUT2D eigenvalue weighted by Gasteiger charge is 2.31. The smallest absolute Gasteiger partial charge is 0.318 e. The summed E-state index contributed by atoms with van der Waals surface area (Å²) in [5.41, 5.74) is -0.695. The van der Waals surface area contributed by atoms with E-state index in [2.05, 4.69) is 5.32 Å². The summed E-state index contributed by atoms with van der Waals surface area (Å²) in [5.74, 6) is -2.46. The predicted molar refractivity (Wildman–Crippen MR) is 90.2 cm³/mol. The monoisotopic (exact) mass is 384 g/mol. The Balaban J connectivity index is 2.09. The van der Waals surface area contributed by atoms with Gasteiger partial charge in [-0.05, 0) is 49.4 Å². The van der Waals surface area contributed by atoms with Crippen LogP contribution in [0.1, 0.15) is 22.8 Å². The number of alkyl halides is 3. The van der Waals surface area contributed by atoms with E-state index in [9.17, 15) is 27.6 Å². The van der Waals surface area contributed by atoms with Crippen LogP contribution < -0.4 is 10.6 Å². The summed E-state index contributed by atoms with van der Waals surface area (Å²) in [6.07, 6.45) is -4.62. The summed E-state index contributed by atoms with van der Waals surface area (Å²) in [4.78, 5) is 34.9. The number of benzene rings is 2. The lowest BCUT2D eigenvalue weighted by atomic mass is 10.1. The molecule has 0 aromatic heterocycles. The molecular formula is C17H12ClF3N2O3. The van der Waals surface area contributed by atoms with Crippen LogP contribution in [0.5, 0.6) is 0 Å². The highest BCUT2D eigenvalue weighted by Crippen LogP contribution is 2.33. The van der Waals surface area contributed by atoms with Gasteiger partial charge in [-0.2, -0.15) is 13.2 Å². The number of carbonyl (C=O) groups is 3. The summed E-state index contributed by atoms with van der Waals surface area (Å²) in [6, 6.07) is 8.11. The molecule has 0 aliphatic carbocycles. The van der Waals surface area contributed by atoms with E-state index in [-0.39, 0.29) is 22.2 Å². The molecule has 0 fully saturated rings. The zero-order valence-corrected chi connectivity index (χ0v) is 14.0. The molecule has 136 valence electrons. The maximum absolute atomic E-state index is 12.7. The molecule has 2 rings (SSSR count). The Morgan fingerprint density at radius 3 is 2.04 bits per heavy atom. The average molecular weight is 385 g/mol. The van der Waals surface area contributed by atoms with Gasteiger partial charge in [0.15, 0.2) is 5.78 Å². The van der Waals surface area contributed by atoms with Crippen LogP contribution in [0.15, 0.2) is 42.5 Å². The van der Waals surface area contributed by atoms with Gasteiger partial charge in [0.05, 0.1) is 16.3 Å². The van der Waals surface area contributed by atoms with Crippen LogP contribution in [-0.4, -0.2) is 17.6 Å². The molecule has 26 heavy (non-hydrogen) atoms. The Bertz CT molecular complexity index is 865. The molecule has 0 bridgehead atoms. The van der Waals surface area contributed by atoms with Crippen molar-refractivity contribution in [2.45, 2.75) is 13.1 Å². The summed E-state index contributed by atoms with van der Waals surface area (Å²) in [6.45, 7) is 1.37. The van der Waals surface area contributed by atoms with Crippen LogP contribution in [0.2, 0.25) is 5.02 Å². The highest BCUT2D eigenvalue weighted by molar-refractivity contribution is 6.44. The van der Waals surface area contributed by atoms with Crippen molar-refractivity contribution in [1.82, 2.24) is 0 Å². The molecule has 5 nitrogen and oxygen atoms in total. The summed E-state index contributed by atoms with van der Waals surface area (Å²) in [5, 5.41) is 4.15. The fourth-order valence-corrected chi connectivity index (χ4v) is 2.12. The zero-order valence-electron chi connectivity index (χ0n) is 13.3. The van der Waals surface area contributed by atoms with Gasteiger partial charge in [0.25, 0.3) is 0 Å². The maximum atomic E-state index is 12.7. The minimum atomic E-state index is -4.62. The molecule has 2 N–H and O–H groups in total. The van der Waals surface area contributed by atoms with Crippen LogP contribution in [-0.2, 0) is 15.8 Å². The number of rotatable bonds is 3. The molecule has 9 heteroatoms. The summed E-state index contributed by atoms with van der Waals surface area (Å²) in [7, 11) is 0. The van der Waals surface area contributed by atoms with Crippen molar-refractivity contribution < 1.29 is 27.6 Å². The van der Waals surface area contributed by atoms with Crippen LogP contribution in [0.3, 0.4) is 0 Å². The predicted octanol–water partition coefficient (Wildman–Crippen LogP) is 4.14. The molecule has 0 saturated heterocycles. The summed E-state index contributed by atoms with van der Waals surface area (Å²) >= 11 is 5.76. The first-order valence-electron chi connectivity index (χ1n) is 7.18. The van der Waals surface area contributed by atoms with E-state index < -0.39 is 23.6 Å². The van der Waals surface area contributed by atoms with Crippen molar-refractivity contribution in [2.24, 2.45) is 0 Å². The van der Waals surface area contributed by atoms with Crippen LogP contribution >= 0.6 is 11.6 Å². The Labute approximate surface area is 151 Å². The normalized spacial score (nSPS) is 11.0. The molecule has 0 aliphatic rings. The number of hydrogen-bond acceptors (Lipinski definition) is 3. The third-order valence-electron chi connectivity index (χ3n) is 3.30. The van der Waals surface area contributed by atoms with Gasteiger partial charge >= 0.3 is 18.0 Å². The Kier molecular flexibility index (Phi) is 5.66. The van der Waals surface area contributed by atoms with Gasteiger partial charge in [0, 0.05) is 11.3 Å². The topological polar surface area (TPSA) is 75.3 Å². The van der Waals surface area contributed by atoms with Gasteiger partial charge in [0.2, 0.25) is 0 Å². The van der Waals surface area contributed by atoms with E-state index in [4.69, 9.17) is 11.6 Å². The number of amides is 2. The number of carbonyl (C=O) groups excluding carboxylic acids is 3. The van der Waals surface area contributed by atoms with Gasteiger partial charge in [-0.3, -0.25) is 14.4 Å². The molecule has 0 heterocycles. The number of Topliss-reactive ketones (excluding diaryl/α,β-unsaturated/α-hetero) is 1. The van der Waals surface area contributed by atoms with Gasteiger partial charge in [0.1, 0.15) is 0 Å². The molecule has 0 aliphatic heterocycles. The molecule has 0 saturated carbocycles. The second-order valence-corrected chi connectivity index (χ2v) is 5.64. The maximum Gasteiger partial charge on any atom is 0.416 e. The third kappa shape index (κ3) is 4.82. The fourth-order valence-electron chi connectivity index (χ4n) is 1.95. The van der Waals surface area contributed by atoms with E-state index in [0.717, 1.165) is 12.1 Å². The van der Waals surface area contributed by atoms with Crippen molar-refractivity contribution in [3.63, 3.8) is 0 Å². The van der Waals surface area contributed by atoms with Crippen molar-refractivity contribution in [2.75, 3.05) is 10.6 Å². The van der Waals surface area contributed by atoms with E-state index in [1.54, 1.807) is 0 Å². The van der Waals surface area contributed by atoms with E-state index >= 15 is 0 Å². The SMILES string of the molecule is CC(=O)c1ccc(NC(=O)C(=O)Nc2cc(C(F)(F)F)ccc2Cl)cc1. The molecule has 0 spiro atoms. The fraction of sp³-hybridized carbons (Fsp3) is 0.118. The van der Waals surface area contributed by atoms with Crippen LogP contribution in [0.25, 0.3) is 0 Å². The molecule has 0 radical (unpaired) electrons. The van der Waals surface area contributed by atoms with Gasteiger partial charge in [-0.15, -0.1) is 0 Å². The van der Waals surface area contributed by atoms with Crippen molar-refractivity contribution >= 4 is 40.6 Å². The van der Waals surface area contributed by atoms with Gasteiger partial charge in [-0.25, -0.2) is 0 Å². The lowest BCUT2D eigenvalue weighted by molar-refractivity contribution is -0.137. The van der Waals surface area contributed by atoms with Crippen molar-refractivity contribution in [3.05, 3.63) is 58.6 Å². The number of anilines is 2. The number of halogens is 4. The van der Waals surface area contributed by atoms with E-state index in [1.807, 2.05) is 5.32 Å². The molecular weight excluding hydrogens is 373 g/mol. The second kappa shape index (κ2) is 7.57. The number of hydrogen-bond donors (Lipinski definition) is 2. The Morgan fingerprint density at radius 1 is 0.923 bits per heavy atom. The lowest BCUT2D eigenvalue weighted by Crippen LogP contribution is -2.29. The van der Waals surface area contributed by atoms with Crippen molar-refractivity contribution in [3.8, 4) is 0 Å². The summed E-state index contributed by atoms with van der Waals surface area (Å²) < 4.78 is 38.1. The Hall–Kier alpha value is -2.87. The first-order valence-corrected chi connectivity index (χ1v) is 7.56. The second-order valence-electron chi connectivity index (χ2n) is 5.23. The molecule has 2 aromatic rings. The highest BCUT2D eigenvalue weighted by atomic mass is 35.5. The average Bonchev–Trinajstić information content (AvgIpc) is 2.56. The first kappa shape index (κ1) is 19.5. The largest absolute Gasteiger partial charge is 0.416 e. The van der Waals surface area contributed by atoms with Crippen LogP contribution in [0, 0.1) is 0 Å². The molecule has 2 aromatic carbocycles. The van der Waals surface area contributed by atoms with Crippen LogP contribution in [0.4, 0.5) is 24.5 Å².